The largest absolute Gasteiger partial charge is 0.385 e. The molecule has 0 fully saturated rings. The zero-order valence-corrected chi connectivity index (χ0v) is 11.2. The van der Waals surface area contributed by atoms with Crippen LogP contribution < -0.4 is 0 Å². The molecule has 1 rings (SSSR count). The number of carbonyl (C=O) groups excluding carboxylic acids is 1. The molecule has 19 heavy (non-hydrogen) atoms. The lowest BCUT2D eigenvalue weighted by atomic mass is 10.2. The number of hydrogen-bond acceptors (Lipinski definition) is 4. The van der Waals surface area contributed by atoms with Gasteiger partial charge in [-0.25, -0.2) is 0 Å². The molecule has 0 aliphatic rings. The van der Waals surface area contributed by atoms with Crippen molar-refractivity contribution in [3.8, 4) is 11.8 Å². The highest BCUT2D eigenvalue weighted by molar-refractivity contribution is 5.94. The zero-order valence-electron chi connectivity index (χ0n) is 11.2. The predicted molar refractivity (Wildman–Crippen MR) is 71.7 cm³/mol. The fourth-order valence-corrected chi connectivity index (χ4v) is 1.53. The molecule has 1 N–H and O–H groups in total. The Kier molecular flexibility index (Phi) is 6.58. The highest BCUT2D eigenvalue weighted by Gasteiger charge is 2.11. The summed E-state index contributed by atoms with van der Waals surface area (Å²) < 4.78 is 4.95. The van der Waals surface area contributed by atoms with E-state index in [1.165, 1.54) is 6.20 Å². The molecule has 1 heterocycles. The molecule has 5 nitrogen and oxygen atoms in total. The lowest BCUT2D eigenvalue weighted by molar-refractivity contribution is 0.0779. The van der Waals surface area contributed by atoms with Crippen LogP contribution in [-0.2, 0) is 4.74 Å². The van der Waals surface area contributed by atoms with Gasteiger partial charge < -0.3 is 14.7 Å². The monoisotopic (exact) mass is 262 g/mol. The van der Waals surface area contributed by atoms with Crippen LogP contribution in [0, 0.1) is 11.8 Å². The highest BCUT2D eigenvalue weighted by atomic mass is 16.5. The second-order valence-corrected chi connectivity index (χ2v) is 4.00. The van der Waals surface area contributed by atoms with Crippen molar-refractivity contribution < 1.29 is 14.6 Å². The molecule has 0 saturated heterocycles. The molecule has 1 amide bonds. The number of aromatic nitrogens is 1. The van der Waals surface area contributed by atoms with Crippen LogP contribution in [0.15, 0.2) is 18.5 Å². The summed E-state index contributed by atoms with van der Waals surface area (Å²) in [6, 6.07) is 1.67. The van der Waals surface area contributed by atoms with Crippen LogP contribution in [-0.4, -0.2) is 54.8 Å². The smallest absolute Gasteiger partial charge is 0.255 e. The van der Waals surface area contributed by atoms with Gasteiger partial charge in [-0.05, 0) is 12.5 Å². The molecule has 0 bridgehead atoms. The average molecular weight is 262 g/mol. The van der Waals surface area contributed by atoms with Crippen LogP contribution in [0.4, 0.5) is 0 Å². The van der Waals surface area contributed by atoms with Crippen LogP contribution in [0.3, 0.4) is 0 Å². The molecule has 0 aromatic carbocycles. The Labute approximate surface area is 113 Å². The average Bonchev–Trinajstić information content (AvgIpc) is 2.44. The van der Waals surface area contributed by atoms with Crippen LogP contribution in [0.5, 0.6) is 0 Å². The van der Waals surface area contributed by atoms with E-state index >= 15 is 0 Å². The first-order valence-corrected chi connectivity index (χ1v) is 5.98. The Bertz CT molecular complexity index is 477. The number of rotatable bonds is 5. The predicted octanol–water partition coefficient (Wildman–Crippen LogP) is 0.534. The topological polar surface area (TPSA) is 62.7 Å². The van der Waals surface area contributed by atoms with E-state index in [1.807, 2.05) is 0 Å². The first-order chi connectivity index (χ1) is 9.19. The summed E-state index contributed by atoms with van der Waals surface area (Å²) in [5.74, 6) is 5.15. The maximum Gasteiger partial charge on any atom is 0.255 e. The molecule has 0 radical (unpaired) electrons. The van der Waals surface area contributed by atoms with Crippen molar-refractivity contribution in [1.29, 1.82) is 0 Å². The Morgan fingerprint density at radius 2 is 2.32 bits per heavy atom. The zero-order chi connectivity index (χ0) is 14.1. The van der Waals surface area contributed by atoms with Crippen LogP contribution >= 0.6 is 0 Å². The summed E-state index contributed by atoms with van der Waals surface area (Å²) in [6.45, 7) is 1.03. The first-order valence-electron chi connectivity index (χ1n) is 5.98. The molecule has 1 aromatic heterocycles. The molecule has 0 aliphatic heterocycles. The number of nitrogens with zero attached hydrogens (tertiary/aromatic N) is 2. The standard InChI is InChI=1S/C14H18N2O3/c1-16(6-4-8-19-2)14(18)13-9-12(5-3-7-17)10-15-11-13/h9-11,17H,4,6-8H2,1-2H3. The lowest BCUT2D eigenvalue weighted by Crippen LogP contribution is -2.28. The minimum Gasteiger partial charge on any atom is -0.385 e. The van der Waals surface area contributed by atoms with Gasteiger partial charge in [-0.2, -0.15) is 0 Å². The molecule has 102 valence electrons. The lowest BCUT2D eigenvalue weighted by Gasteiger charge is -2.16. The van der Waals surface area contributed by atoms with E-state index in [4.69, 9.17) is 9.84 Å². The Balaban J connectivity index is 2.70. The highest BCUT2D eigenvalue weighted by Crippen LogP contribution is 2.05. The van der Waals surface area contributed by atoms with E-state index in [2.05, 4.69) is 16.8 Å². The van der Waals surface area contributed by atoms with Gasteiger partial charge in [0.1, 0.15) is 6.61 Å². The SMILES string of the molecule is COCCCN(C)C(=O)c1cncc(C#CCO)c1. The number of aliphatic hydroxyl groups is 1. The molecule has 5 heteroatoms. The quantitative estimate of drug-likeness (QED) is 0.621. The Morgan fingerprint density at radius 3 is 3.00 bits per heavy atom. The number of methoxy groups -OCH3 is 1. The maximum atomic E-state index is 12.1. The summed E-state index contributed by atoms with van der Waals surface area (Å²) in [6.07, 6.45) is 3.86. The minimum atomic E-state index is -0.213. The van der Waals surface area contributed by atoms with Crippen molar-refractivity contribution in [3.05, 3.63) is 29.6 Å². The third-order valence-electron chi connectivity index (χ3n) is 2.49. The van der Waals surface area contributed by atoms with Gasteiger partial charge in [-0.1, -0.05) is 11.8 Å². The van der Waals surface area contributed by atoms with Gasteiger partial charge in [0.2, 0.25) is 0 Å². The van der Waals surface area contributed by atoms with Crippen molar-refractivity contribution in [1.82, 2.24) is 9.88 Å². The van der Waals surface area contributed by atoms with Crippen molar-refractivity contribution >= 4 is 5.91 Å². The van der Waals surface area contributed by atoms with Crippen LogP contribution in [0.1, 0.15) is 22.3 Å². The van der Waals surface area contributed by atoms with Gasteiger partial charge in [0.25, 0.3) is 5.91 Å². The summed E-state index contributed by atoms with van der Waals surface area (Å²) in [7, 11) is 3.37. The van der Waals surface area contributed by atoms with Crippen molar-refractivity contribution in [2.45, 2.75) is 6.42 Å². The third kappa shape index (κ3) is 5.08. The third-order valence-corrected chi connectivity index (χ3v) is 2.49. The van der Waals surface area contributed by atoms with Gasteiger partial charge in [-0.15, -0.1) is 0 Å². The van der Waals surface area contributed by atoms with Gasteiger partial charge in [0, 0.05) is 45.3 Å². The number of pyridine rings is 1. The molecule has 1 aromatic rings. The number of amides is 1. The summed E-state index contributed by atoms with van der Waals surface area (Å²) in [5, 5.41) is 8.63. The van der Waals surface area contributed by atoms with Crippen molar-refractivity contribution in [2.24, 2.45) is 0 Å². The normalized spacial score (nSPS) is 9.63. The van der Waals surface area contributed by atoms with Gasteiger partial charge in [-0.3, -0.25) is 9.78 Å². The fraction of sp³-hybridized carbons (Fsp3) is 0.429. The summed E-state index contributed by atoms with van der Waals surface area (Å²) in [5.41, 5.74) is 1.11. The minimum absolute atomic E-state index is 0.101. The van der Waals surface area contributed by atoms with Crippen molar-refractivity contribution in [3.63, 3.8) is 0 Å². The fourth-order valence-electron chi connectivity index (χ4n) is 1.53. The number of aliphatic hydroxyl groups excluding tert-OH is 1. The maximum absolute atomic E-state index is 12.1. The Morgan fingerprint density at radius 1 is 1.53 bits per heavy atom. The number of ether oxygens (including phenoxy) is 1. The second-order valence-electron chi connectivity index (χ2n) is 4.00. The molecule has 0 unspecified atom stereocenters. The molecule has 0 atom stereocenters. The summed E-state index contributed by atoms with van der Waals surface area (Å²) >= 11 is 0. The van der Waals surface area contributed by atoms with E-state index in [0.29, 0.717) is 24.3 Å². The molecule has 0 spiro atoms. The molecular formula is C14H18N2O3. The van der Waals surface area contributed by atoms with Crippen molar-refractivity contribution in [2.75, 3.05) is 33.9 Å². The Hall–Kier alpha value is -1.90. The van der Waals surface area contributed by atoms with E-state index in [-0.39, 0.29) is 12.5 Å². The number of carbonyl (C=O) groups is 1. The second kappa shape index (κ2) is 8.25. The van der Waals surface area contributed by atoms with Gasteiger partial charge in [0.05, 0.1) is 5.56 Å². The van der Waals surface area contributed by atoms with E-state index < -0.39 is 0 Å². The number of hydrogen-bond donors (Lipinski definition) is 1. The van der Waals surface area contributed by atoms with Crippen LogP contribution in [0.2, 0.25) is 0 Å². The molecule has 0 saturated carbocycles. The van der Waals surface area contributed by atoms with Crippen LogP contribution in [0.25, 0.3) is 0 Å². The van der Waals surface area contributed by atoms with E-state index in [9.17, 15) is 4.79 Å². The molecule has 0 aliphatic carbocycles. The summed E-state index contributed by atoms with van der Waals surface area (Å²) in [4.78, 5) is 17.7. The van der Waals surface area contributed by atoms with E-state index in [0.717, 1.165) is 6.42 Å². The van der Waals surface area contributed by atoms with E-state index in [1.54, 1.807) is 31.3 Å². The van der Waals surface area contributed by atoms with Gasteiger partial charge >= 0.3 is 0 Å². The molecular weight excluding hydrogens is 244 g/mol. The van der Waals surface area contributed by atoms with Gasteiger partial charge in [0.15, 0.2) is 0 Å². The first kappa shape index (κ1) is 15.2.